The molecular formula is C14H21Cl2N3O. The summed E-state index contributed by atoms with van der Waals surface area (Å²) < 4.78 is 0. The number of hydrogen-bond acceptors (Lipinski definition) is 3. The highest BCUT2D eigenvalue weighted by atomic mass is 35.5. The van der Waals surface area contributed by atoms with Gasteiger partial charge in [0.1, 0.15) is 0 Å². The molecule has 1 atom stereocenters. The van der Waals surface area contributed by atoms with Crippen LogP contribution in [0.4, 0.5) is 5.69 Å². The zero-order chi connectivity index (χ0) is 13.7. The van der Waals surface area contributed by atoms with Gasteiger partial charge in [0, 0.05) is 23.3 Å². The van der Waals surface area contributed by atoms with E-state index in [1.807, 2.05) is 19.2 Å². The van der Waals surface area contributed by atoms with Gasteiger partial charge < -0.3 is 10.6 Å². The van der Waals surface area contributed by atoms with E-state index in [0.29, 0.717) is 17.6 Å². The van der Waals surface area contributed by atoms with Gasteiger partial charge in [-0.05, 0) is 44.6 Å². The zero-order valence-electron chi connectivity index (χ0n) is 11.6. The first kappa shape index (κ1) is 17.2. The van der Waals surface area contributed by atoms with Gasteiger partial charge in [-0.15, -0.1) is 12.4 Å². The van der Waals surface area contributed by atoms with E-state index in [1.165, 1.54) is 6.42 Å². The van der Waals surface area contributed by atoms with Crippen molar-refractivity contribution in [2.75, 3.05) is 32.0 Å². The van der Waals surface area contributed by atoms with E-state index in [-0.39, 0.29) is 18.3 Å². The van der Waals surface area contributed by atoms with E-state index < -0.39 is 0 Å². The molecule has 0 radical (unpaired) electrons. The van der Waals surface area contributed by atoms with Gasteiger partial charge in [-0.3, -0.25) is 9.69 Å². The monoisotopic (exact) mass is 317 g/mol. The molecule has 112 valence electrons. The summed E-state index contributed by atoms with van der Waals surface area (Å²) in [5.74, 6) is 0.0130. The van der Waals surface area contributed by atoms with E-state index in [1.54, 1.807) is 12.1 Å². The largest absolute Gasteiger partial charge is 0.325 e. The maximum Gasteiger partial charge on any atom is 0.238 e. The van der Waals surface area contributed by atoms with Crippen LogP contribution in [0, 0.1) is 0 Å². The Morgan fingerprint density at radius 1 is 1.50 bits per heavy atom. The van der Waals surface area contributed by atoms with E-state index in [9.17, 15) is 4.79 Å². The molecule has 0 saturated carbocycles. The number of benzene rings is 1. The second-order valence-electron chi connectivity index (χ2n) is 4.92. The predicted molar refractivity (Wildman–Crippen MR) is 85.9 cm³/mol. The third-order valence-electron chi connectivity index (χ3n) is 3.39. The summed E-state index contributed by atoms with van der Waals surface area (Å²) in [4.78, 5) is 14.2. The lowest BCUT2D eigenvalue weighted by molar-refractivity contribution is -0.117. The van der Waals surface area contributed by atoms with Gasteiger partial charge in [0.25, 0.3) is 0 Å². The van der Waals surface area contributed by atoms with E-state index in [2.05, 4.69) is 15.5 Å². The maximum absolute atomic E-state index is 12.0. The van der Waals surface area contributed by atoms with Crippen molar-refractivity contribution >= 4 is 35.6 Å². The zero-order valence-corrected chi connectivity index (χ0v) is 13.1. The van der Waals surface area contributed by atoms with Gasteiger partial charge in [0.2, 0.25) is 5.91 Å². The van der Waals surface area contributed by atoms with Gasteiger partial charge in [0.15, 0.2) is 0 Å². The van der Waals surface area contributed by atoms with Gasteiger partial charge in [-0.1, -0.05) is 17.7 Å². The Balaban J connectivity index is 0.00000200. The molecule has 4 nitrogen and oxygen atoms in total. The molecule has 1 aromatic carbocycles. The molecule has 6 heteroatoms. The second kappa shape index (κ2) is 8.47. The Morgan fingerprint density at radius 3 is 3.00 bits per heavy atom. The first-order valence-corrected chi connectivity index (χ1v) is 7.00. The number of anilines is 1. The van der Waals surface area contributed by atoms with Gasteiger partial charge in [0.05, 0.1) is 6.54 Å². The molecule has 1 aliphatic heterocycles. The second-order valence-corrected chi connectivity index (χ2v) is 5.36. The molecule has 2 rings (SSSR count). The molecule has 0 aliphatic carbocycles. The first-order chi connectivity index (χ1) is 9.17. The van der Waals surface area contributed by atoms with Crippen LogP contribution in [0.5, 0.6) is 0 Å². The lowest BCUT2D eigenvalue weighted by Gasteiger charge is -2.31. The van der Waals surface area contributed by atoms with Crippen LogP contribution in [-0.2, 0) is 4.79 Å². The number of halogens is 2. The number of hydrogen-bond donors (Lipinski definition) is 2. The molecule has 1 aromatic rings. The number of likely N-dealkylation sites (tertiary alicyclic amines) is 1. The van der Waals surface area contributed by atoms with Crippen molar-refractivity contribution in [2.45, 2.75) is 18.9 Å². The summed E-state index contributed by atoms with van der Waals surface area (Å²) >= 11 is 5.89. The predicted octanol–water partition coefficient (Wildman–Crippen LogP) is 2.38. The minimum atomic E-state index is 0. The summed E-state index contributed by atoms with van der Waals surface area (Å²) in [5.41, 5.74) is 0.750. The standard InChI is InChI=1S/C14H20ClN3O.ClH/c1-16-13-6-3-7-18(9-13)10-14(19)17-12-5-2-4-11(15)8-12;/h2,4-5,8,13,16H,3,6-7,9-10H2,1H3,(H,17,19);1H. The molecule has 1 unspecified atom stereocenters. The molecule has 1 saturated heterocycles. The molecule has 2 N–H and O–H groups in total. The highest BCUT2D eigenvalue weighted by molar-refractivity contribution is 6.30. The summed E-state index contributed by atoms with van der Waals surface area (Å²) in [6, 6.07) is 7.71. The maximum atomic E-state index is 12.0. The van der Waals surface area contributed by atoms with Gasteiger partial charge in [-0.25, -0.2) is 0 Å². The van der Waals surface area contributed by atoms with Crippen molar-refractivity contribution in [3.05, 3.63) is 29.3 Å². The minimum Gasteiger partial charge on any atom is -0.325 e. The Labute approximate surface area is 131 Å². The van der Waals surface area contributed by atoms with Crippen molar-refractivity contribution in [1.29, 1.82) is 0 Å². The Bertz CT molecular complexity index is 442. The van der Waals surface area contributed by atoms with Crippen LogP contribution in [-0.4, -0.2) is 43.5 Å². The SMILES string of the molecule is CNC1CCCN(CC(=O)Nc2cccc(Cl)c2)C1.Cl. The highest BCUT2D eigenvalue weighted by Crippen LogP contribution is 2.15. The van der Waals surface area contributed by atoms with Crippen LogP contribution in [0.3, 0.4) is 0 Å². The number of carbonyl (C=O) groups is 1. The fraction of sp³-hybridized carbons (Fsp3) is 0.500. The summed E-state index contributed by atoms with van der Waals surface area (Å²) in [7, 11) is 1.97. The fourth-order valence-corrected chi connectivity index (χ4v) is 2.59. The van der Waals surface area contributed by atoms with Crippen LogP contribution in [0.1, 0.15) is 12.8 Å². The molecule has 1 amide bonds. The normalized spacial score (nSPS) is 19.2. The number of nitrogens with one attached hydrogen (secondary N) is 2. The molecule has 0 spiro atoms. The van der Waals surface area contributed by atoms with Crippen molar-refractivity contribution < 1.29 is 4.79 Å². The van der Waals surface area contributed by atoms with E-state index in [4.69, 9.17) is 11.6 Å². The Morgan fingerprint density at radius 2 is 2.30 bits per heavy atom. The van der Waals surface area contributed by atoms with Gasteiger partial charge >= 0.3 is 0 Å². The number of rotatable bonds is 4. The molecule has 20 heavy (non-hydrogen) atoms. The number of piperidine rings is 1. The smallest absolute Gasteiger partial charge is 0.238 e. The third-order valence-corrected chi connectivity index (χ3v) is 3.62. The summed E-state index contributed by atoms with van der Waals surface area (Å²) in [6.07, 6.45) is 2.32. The molecule has 0 aromatic heterocycles. The topological polar surface area (TPSA) is 44.4 Å². The van der Waals surface area contributed by atoms with Crippen LogP contribution in [0.25, 0.3) is 0 Å². The van der Waals surface area contributed by atoms with E-state index >= 15 is 0 Å². The molecular weight excluding hydrogens is 297 g/mol. The molecule has 0 bridgehead atoms. The number of nitrogens with zero attached hydrogens (tertiary/aromatic N) is 1. The van der Waals surface area contributed by atoms with Gasteiger partial charge in [-0.2, -0.15) is 0 Å². The molecule has 1 heterocycles. The third kappa shape index (κ3) is 5.29. The Kier molecular flexibility index (Phi) is 7.30. The summed E-state index contributed by atoms with van der Waals surface area (Å²) in [6.45, 7) is 2.35. The number of carbonyl (C=O) groups excluding carboxylic acids is 1. The fourth-order valence-electron chi connectivity index (χ4n) is 2.40. The Hall–Kier alpha value is -0.810. The number of likely N-dealkylation sites (N-methyl/N-ethyl adjacent to an activating group) is 1. The first-order valence-electron chi connectivity index (χ1n) is 6.62. The minimum absolute atomic E-state index is 0. The molecule has 1 aliphatic rings. The van der Waals surface area contributed by atoms with Crippen LogP contribution < -0.4 is 10.6 Å². The highest BCUT2D eigenvalue weighted by Gasteiger charge is 2.20. The lowest BCUT2D eigenvalue weighted by Crippen LogP contribution is -2.46. The van der Waals surface area contributed by atoms with E-state index in [0.717, 1.165) is 25.2 Å². The van der Waals surface area contributed by atoms with Crippen LogP contribution in [0.15, 0.2) is 24.3 Å². The average molecular weight is 318 g/mol. The quantitative estimate of drug-likeness (QED) is 0.896. The van der Waals surface area contributed by atoms with Crippen molar-refractivity contribution in [3.63, 3.8) is 0 Å². The van der Waals surface area contributed by atoms with Crippen molar-refractivity contribution in [2.24, 2.45) is 0 Å². The molecule has 1 fully saturated rings. The summed E-state index contributed by atoms with van der Waals surface area (Å²) in [5, 5.41) is 6.78. The van der Waals surface area contributed by atoms with Crippen molar-refractivity contribution in [3.8, 4) is 0 Å². The number of amides is 1. The van der Waals surface area contributed by atoms with Crippen LogP contribution in [0.2, 0.25) is 5.02 Å². The van der Waals surface area contributed by atoms with Crippen molar-refractivity contribution in [1.82, 2.24) is 10.2 Å². The average Bonchev–Trinajstić information content (AvgIpc) is 2.38. The van der Waals surface area contributed by atoms with Crippen LogP contribution >= 0.6 is 24.0 Å². The lowest BCUT2D eigenvalue weighted by atomic mass is 10.1.